The van der Waals surface area contributed by atoms with Crippen LogP contribution in [0.15, 0.2) is 0 Å². The zero-order chi connectivity index (χ0) is 17.6. The van der Waals surface area contributed by atoms with Crippen LogP contribution in [0.1, 0.15) is 6.92 Å². The van der Waals surface area contributed by atoms with E-state index in [1.165, 1.54) is 0 Å². The minimum absolute atomic E-state index is 0.991. The second-order valence-electron chi connectivity index (χ2n) is 6.60. The molecule has 1 unspecified atom stereocenters. The Morgan fingerprint density at radius 2 is 1.09 bits per heavy atom. The van der Waals surface area contributed by atoms with E-state index < -0.39 is 73.3 Å². The summed E-state index contributed by atoms with van der Waals surface area (Å²) in [5.74, 6) is 0. The highest BCUT2D eigenvalue weighted by Crippen LogP contribution is 2.31. The smallest absolute Gasteiger partial charge is 0.258 e. The largest absolute Gasteiger partial charge is 0.465 e. The topological polar surface area (TPSA) is 27.7 Å². The summed E-state index contributed by atoms with van der Waals surface area (Å²) in [7, 11) is -8.43. The van der Waals surface area contributed by atoms with Gasteiger partial charge in [-0.2, -0.15) is 0 Å². The molecule has 0 amide bonds. The van der Waals surface area contributed by atoms with E-state index in [9.17, 15) is 13.2 Å². The van der Waals surface area contributed by atoms with E-state index in [2.05, 4.69) is 0 Å². The van der Waals surface area contributed by atoms with E-state index >= 15 is 0 Å². The number of halogens is 3. The fraction of sp³-hybridized carbons (Fsp3) is 1.00. The molecule has 0 radical (unpaired) electrons. The second kappa shape index (κ2) is 10.2. The molecule has 22 heavy (non-hydrogen) atoms. The van der Waals surface area contributed by atoms with Crippen molar-refractivity contribution in [3.63, 3.8) is 0 Å². The van der Waals surface area contributed by atoms with Crippen molar-refractivity contribution in [2.45, 2.75) is 57.9 Å². The van der Waals surface area contributed by atoms with Gasteiger partial charge < -0.3 is 12.3 Å². The van der Waals surface area contributed by atoms with Gasteiger partial charge in [-0.05, 0) is 46.2 Å². The van der Waals surface area contributed by atoms with Crippen LogP contribution in [0.2, 0.25) is 39.3 Å². The van der Waals surface area contributed by atoms with Gasteiger partial charge in [-0.1, -0.05) is 0 Å². The van der Waals surface area contributed by atoms with Crippen LogP contribution < -0.4 is 0 Å². The Morgan fingerprint density at radius 3 is 1.27 bits per heavy atom. The quantitative estimate of drug-likeness (QED) is 0.413. The number of alkyl halides is 3. The van der Waals surface area contributed by atoms with Crippen LogP contribution in [-0.4, -0.2) is 73.3 Å². The number of hydrogen-bond donors (Lipinski definition) is 0. The highest BCUT2D eigenvalue weighted by atomic mass is 29.9. The highest BCUT2D eigenvalue weighted by molar-refractivity contribution is 7.69. The van der Waals surface area contributed by atoms with Gasteiger partial charge in [-0.25, -0.2) is 13.2 Å². The SMILES string of the molecule is CC(F)C(F)(F)[Si]([SiH2]O[SiH](C)C)([SiH2]O[SiH](C)C)[SiH2]O[SiH](C)C. The molecular formula is C9H31F3O3Si7. The summed E-state index contributed by atoms with van der Waals surface area (Å²) in [6.07, 6.45) is -2.11. The fourth-order valence-corrected chi connectivity index (χ4v) is 55.3. The summed E-state index contributed by atoms with van der Waals surface area (Å²) in [6.45, 7) is 9.79. The summed E-state index contributed by atoms with van der Waals surface area (Å²) in [4.78, 5) is 0. The molecule has 0 N–H and O–H groups in total. The van der Waals surface area contributed by atoms with Crippen molar-refractivity contribution in [3.8, 4) is 0 Å². The van der Waals surface area contributed by atoms with Crippen LogP contribution >= 0.6 is 0 Å². The van der Waals surface area contributed by atoms with Gasteiger partial charge in [0.1, 0.15) is 27.8 Å². The van der Waals surface area contributed by atoms with E-state index in [-0.39, 0.29) is 0 Å². The standard InChI is InChI=1S/C9H31F3O3Si7/c1-8(10)9(11,12)22(16-13-19(2)3,17-14-20(4)5)18-15-21(6)7/h8,19-21H,16-18H2,1-7H3. The molecule has 0 saturated carbocycles. The molecule has 0 aromatic carbocycles. The van der Waals surface area contributed by atoms with Crippen LogP contribution in [0.4, 0.5) is 13.2 Å². The maximum Gasteiger partial charge on any atom is 0.258 e. The van der Waals surface area contributed by atoms with E-state index in [1.54, 1.807) is 0 Å². The van der Waals surface area contributed by atoms with Gasteiger partial charge in [-0.3, -0.25) is 0 Å². The minimum Gasteiger partial charge on any atom is -0.465 e. The first kappa shape index (κ1) is 23.2. The number of rotatable bonds is 11. The first-order valence-corrected chi connectivity index (χ1v) is 26.9. The summed E-state index contributed by atoms with van der Waals surface area (Å²) < 4.78 is 60.9. The lowest BCUT2D eigenvalue weighted by atomic mass is 10.5. The summed E-state index contributed by atoms with van der Waals surface area (Å²) in [5.41, 5.74) is -3.23. The van der Waals surface area contributed by atoms with Gasteiger partial charge >= 0.3 is 0 Å². The predicted molar refractivity (Wildman–Crippen MR) is 107 cm³/mol. The zero-order valence-electron chi connectivity index (χ0n) is 14.8. The van der Waals surface area contributed by atoms with Gasteiger partial charge in [0, 0.05) is 0 Å². The Hall–Kier alpha value is 1.19. The summed E-state index contributed by atoms with van der Waals surface area (Å²) in [6, 6.07) is 0. The Bertz CT molecular complexity index is 290. The third-order valence-electron chi connectivity index (χ3n) is 3.29. The van der Waals surface area contributed by atoms with Crippen LogP contribution in [0.25, 0.3) is 0 Å². The van der Waals surface area contributed by atoms with Crippen LogP contribution in [-0.2, 0) is 12.3 Å². The molecule has 0 aliphatic carbocycles. The lowest BCUT2D eigenvalue weighted by molar-refractivity contribution is 0.00925. The van der Waals surface area contributed by atoms with Gasteiger partial charge in [0.15, 0.2) is 39.9 Å². The molecule has 0 fully saturated rings. The molecule has 3 nitrogen and oxygen atoms in total. The van der Waals surface area contributed by atoms with E-state index in [4.69, 9.17) is 12.3 Å². The molecule has 0 aliphatic rings. The van der Waals surface area contributed by atoms with Gasteiger partial charge in [0.05, 0.1) is 0 Å². The normalized spacial score (nSPS) is 19.0. The molecule has 0 aromatic rings. The van der Waals surface area contributed by atoms with Crippen molar-refractivity contribution in [3.05, 3.63) is 0 Å². The zero-order valence-corrected chi connectivity index (χ0v) is 23.5. The Balaban J connectivity index is 5.46. The van der Waals surface area contributed by atoms with Crippen LogP contribution in [0.3, 0.4) is 0 Å². The summed E-state index contributed by atoms with van der Waals surface area (Å²) in [5, 5.41) is 0. The molecule has 0 aromatic heterocycles. The third-order valence-corrected chi connectivity index (χ3v) is 41.5. The van der Waals surface area contributed by atoms with Crippen LogP contribution in [0, 0.1) is 0 Å². The summed E-state index contributed by atoms with van der Waals surface area (Å²) >= 11 is 0. The minimum atomic E-state index is -3.23. The molecule has 0 saturated heterocycles. The predicted octanol–water partition coefficient (Wildman–Crippen LogP) is -0.291. The number of hydrogen-bond acceptors (Lipinski definition) is 3. The average molecular weight is 441 g/mol. The lowest BCUT2D eigenvalue weighted by Gasteiger charge is -2.39. The van der Waals surface area contributed by atoms with Crippen molar-refractivity contribution in [2.75, 3.05) is 0 Å². The third kappa shape index (κ3) is 7.39. The average Bonchev–Trinajstić information content (AvgIpc) is 2.37. The first-order chi connectivity index (χ1) is 9.94. The van der Waals surface area contributed by atoms with E-state index in [0.717, 1.165) is 6.92 Å². The molecule has 13 heteroatoms. The maximum absolute atomic E-state index is 14.8. The molecule has 0 rings (SSSR count). The van der Waals surface area contributed by atoms with E-state index in [1.807, 2.05) is 39.3 Å². The van der Waals surface area contributed by atoms with Gasteiger partial charge in [-0.15, -0.1) is 0 Å². The first-order valence-electron chi connectivity index (χ1n) is 7.81. The molecule has 1 atom stereocenters. The Morgan fingerprint density at radius 1 is 0.818 bits per heavy atom. The van der Waals surface area contributed by atoms with Crippen LogP contribution in [0.5, 0.6) is 0 Å². The Labute approximate surface area is 145 Å². The van der Waals surface area contributed by atoms with Crippen molar-refractivity contribution in [1.82, 2.24) is 0 Å². The van der Waals surface area contributed by atoms with Crippen molar-refractivity contribution in [1.29, 1.82) is 0 Å². The fourth-order valence-electron chi connectivity index (χ4n) is 1.81. The molecule has 0 bridgehead atoms. The molecule has 0 aliphatic heterocycles. The maximum atomic E-state index is 14.8. The second-order valence-corrected chi connectivity index (χ2v) is 44.8. The monoisotopic (exact) mass is 440 g/mol. The van der Waals surface area contributed by atoms with Crippen molar-refractivity contribution in [2.24, 2.45) is 0 Å². The lowest BCUT2D eigenvalue weighted by Crippen LogP contribution is -2.73. The Kier molecular flexibility index (Phi) is 10.8. The highest BCUT2D eigenvalue weighted by Gasteiger charge is 2.61. The van der Waals surface area contributed by atoms with Gasteiger partial charge in [0.25, 0.3) is 5.55 Å². The molecule has 0 spiro atoms. The van der Waals surface area contributed by atoms with Crippen molar-refractivity contribution >= 4 is 61.6 Å². The van der Waals surface area contributed by atoms with Crippen molar-refractivity contribution < 1.29 is 25.5 Å². The molecular weight excluding hydrogens is 410 g/mol. The molecule has 134 valence electrons. The van der Waals surface area contributed by atoms with Gasteiger partial charge in [0.2, 0.25) is 0 Å². The van der Waals surface area contributed by atoms with E-state index in [0.29, 0.717) is 0 Å². The molecule has 0 heterocycles.